The molecule has 25 heavy (non-hydrogen) atoms. The summed E-state index contributed by atoms with van der Waals surface area (Å²) < 4.78 is 0. The van der Waals surface area contributed by atoms with Crippen LogP contribution in [0.1, 0.15) is 53.4 Å². The lowest BCUT2D eigenvalue weighted by Gasteiger charge is -2.36. The number of carbonyl (C=O) groups excluding carboxylic acids is 1. The van der Waals surface area contributed by atoms with E-state index in [1.165, 1.54) is 18.5 Å². The predicted octanol–water partition coefficient (Wildman–Crippen LogP) is 3.80. The van der Waals surface area contributed by atoms with Crippen LogP contribution in [-0.4, -0.2) is 37.1 Å². The van der Waals surface area contributed by atoms with Crippen molar-refractivity contribution >= 4 is 17.3 Å². The molecule has 2 aliphatic rings. The third kappa shape index (κ3) is 4.17. The second-order valence-electron chi connectivity index (χ2n) is 8.13. The zero-order valence-electron chi connectivity index (χ0n) is 16.2. The van der Waals surface area contributed by atoms with Crippen molar-refractivity contribution in [2.45, 2.75) is 71.5 Å². The molecule has 0 saturated carbocycles. The quantitative estimate of drug-likeness (QED) is 0.883. The van der Waals surface area contributed by atoms with Gasteiger partial charge in [0.15, 0.2) is 0 Å². The Labute approximate surface area is 152 Å². The Morgan fingerprint density at radius 2 is 1.60 bits per heavy atom. The van der Waals surface area contributed by atoms with Crippen LogP contribution in [0.4, 0.5) is 11.4 Å². The molecule has 2 heterocycles. The van der Waals surface area contributed by atoms with Crippen molar-refractivity contribution in [2.75, 3.05) is 22.9 Å². The molecular weight excluding hydrogens is 310 g/mol. The van der Waals surface area contributed by atoms with E-state index < -0.39 is 0 Å². The molecule has 4 nitrogen and oxygen atoms in total. The van der Waals surface area contributed by atoms with Crippen LogP contribution in [0.25, 0.3) is 0 Å². The largest absolute Gasteiger partial charge is 0.371 e. The van der Waals surface area contributed by atoms with Gasteiger partial charge in [0.05, 0.1) is 0 Å². The fraction of sp³-hybridized carbons (Fsp3) is 0.667. The first kappa shape index (κ1) is 18.2. The molecule has 3 rings (SSSR count). The van der Waals surface area contributed by atoms with Crippen molar-refractivity contribution in [3.63, 3.8) is 0 Å². The summed E-state index contributed by atoms with van der Waals surface area (Å²) in [5, 5.41) is 3.78. The molecule has 2 aliphatic heterocycles. The molecule has 1 aromatic carbocycles. The van der Waals surface area contributed by atoms with E-state index in [-0.39, 0.29) is 5.91 Å². The highest BCUT2D eigenvalue weighted by Gasteiger charge is 2.29. The van der Waals surface area contributed by atoms with Crippen LogP contribution in [0.15, 0.2) is 24.3 Å². The Hall–Kier alpha value is -1.55. The van der Waals surface area contributed by atoms with Crippen molar-refractivity contribution in [1.82, 2.24) is 5.32 Å². The molecule has 0 aliphatic carbocycles. The number of rotatable bonds is 5. The lowest BCUT2D eigenvalue weighted by Crippen LogP contribution is -2.46. The topological polar surface area (TPSA) is 35.6 Å². The average Bonchev–Trinajstić information content (AvgIpc) is 2.94. The maximum Gasteiger partial charge on any atom is 0.227 e. The number of carbonyl (C=O) groups is 1. The van der Waals surface area contributed by atoms with E-state index in [9.17, 15) is 4.79 Å². The first-order valence-electron chi connectivity index (χ1n) is 9.89. The van der Waals surface area contributed by atoms with Crippen LogP contribution in [0.3, 0.4) is 0 Å². The van der Waals surface area contributed by atoms with Crippen LogP contribution < -0.4 is 15.1 Å². The molecule has 138 valence electrons. The minimum atomic E-state index is 0.256. The zero-order chi connectivity index (χ0) is 18.0. The number of piperidine rings is 1. The molecule has 0 unspecified atom stereocenters. The Bertz CT molecular complexity index is 575. The molecule has 0 spiro atoms. The van der Waals surface area contributed by atoms with Gasteiger partial charge in [-0.1, -0.05) is 13.8 Å². The fourth-order valence-electron chi connectivity index (χ4n) is 3.92. The van der Waals surface area contributed by atoms with Crippen LogP contribution in [0.5, 0.6) is 0 Å². The molecular formula is C21H33N3O. The summed E-state index contributed by atoms with van der Waals surface area (Å²) in [6.07, 6.45) is 4.04. The molecule has 2 atom stereocenters. The number of hydrogen-bond acceptors (Lipinski definition) is 3. The number of anilines is 2. The molecule has 0 aromatic heterocycles. The lowest BCUT2D eigenvalue weighted by atomic mass is 10.00. The monoisotopic (exact) mass is 343 g/mol. The first-order chi connectivity index (χ1) is 12.0. The molecule has 2 fully saturated rings. The third-order valence-corrected chi connectivity index (χ3v) is 5.97. The summed E-state index contributed by atoms with van der Waals surface area (Å²) in [4.78, 5) is 16.5. The fourth-order valence-corrected chi connectivity index (χ4v) is 3.92. The van der Waals surface area contributed by atoms with E-state index in [4.69, 9.17) is 0 Å². The normalized spacial score (nSPS) is 23.6. The summed E-state index contributed by atoms with van der Waals surface area (Å²) in [6, 6.07) is 10.1. The average molecular weight is 344 g/mol. The number of benzene rings is 1. The van der Waals surface area contributed by atoms with Crippen molar-refractivity contribution in [1.29, 1.82) is 0 Å². The molecule has 0 bridgehead atoms. The second-order valence-corrected chi connectivity index (χ2v) is 8.13. The van der Waals surface area contributed by atoms with Gasteiger partial charge in [-0.3, -0.25) is 4.79 Å². The van der Waals surface area contributed by atoms with Crippen LogP contribution in [0, 0.1) is 5.92 Å². The summed E-state index contributed by atoms with van der Waals surface area (Å²) in [6.45, 7) is 11.2. The highest BCUT2D eigenvalue weighted by atomic mass is 16.2. The maximum atomic E-state index is 12.1. The highest BCUT2D eigenvalue weighted by Crippen LogP contribution is 2.29. The third-order valence-electron chi connectivity index (χ3n) is 5.97. The van der Waals surface area contributed by atoms with Gasteiger partial charge < -0.3 is 15.1 Å². The van der Waals surface area contributed by atoms with Gasteiger partial charge in [0, 0.05) is 49.0 Å². The summed E-state index contributed by atoms with van der Waals surface area (Å²) in [5.41, 5.74) is 2.32. The lowest BCUT2D eigenvalue weighted by molar-refractivity contribution is -0.117. The minimum absolute atomic E-state index is 0.256. The van der Waals surface area contributed by atoms with E-state index in [2.05, 4.69) is 62.2 Å². The number of hydrogen-bond donors (Lipinski definition) is 1. The van der Waals surface area contributed by atoms with E-state index in [0.717, 1.165) is 25.2 Å². The van der Waals surface area contributed by atoms with Gasteiger partial charge >= 0.3 is 0 Å². The maximum absolute atomic E-state index is 12.1. The second kappa shape index (κ2) is 7.77. The molecule has 4 heteroatoms. The van der Waals surface area contributed by atoms with Gasteiger partial charge in [0.2, 0.25) is 5.91 Å². The molecule has 1 amide bonds. The van der Waals surface area contributed by atoms with Crippen LogP contribution in [-0.2, 0) is 4.79 Å². The van der Waals surface area contributed by atoms with Gasteiger partial charge in [-0.25, -0.2) is 0 Å². The van der Waals surface area contributed by atoms with E-state index in [1.807, 2.05) is 4.90 Å². The molecule has 1 N–H and O–H groups in total. The van der Waals surface area contributed by atoms with Gasteiger partial charge in [0.1, 0.15) is 0 Å². The van der Waals surface area contributed by atoms with Gasteiger partial charge in [-0.15, -0.1) is 0 Å². The van der Waals surface area contributed by atoms with E-state index in [0.29, 0.717) is 30.5 Å². The van der Waals surface area contributed by atoms with Crippen molar-refractivity contribution in [3.8, 4) is 0 Å². The van der Waals surface area contributed by atoms with Crippen molar-refractivity contribution in [3.05, 3.63) is 24.3 Å². The minimum Gasteiger partial charge on any atom is -0.371 e. The number of nitrogens with zero attached hydrogens (tertiary/aromatic N) is 2. The standard InChI is InChI=1S/C21H33N3O/c1-15(2)17(4)22-18-11-13-23(14-12-18)19-6-8-20(9-7-19)24-16(3)5-10-21(24)25/h6-9,15-18,22H,5,10-14H2,1-4H3/t16-,17-/m0/s1. The van der Waals surface area contributed by atoms with Gasteiger partial charge in [-0.2, -0.15) is 0 Å². The highest BCUT2D eigenvalue weighted by molar-refractivity contribution is 5.96. The molecule has 1 aromatic rings. The van der Waals surface area contributed by atoms with Crippen LogP contribution in [0.2, 0.25) is 0 Å². The predicted molar refractivity (Wildman–Crippen MR) is 105 cm³/mol. The molecule has 2 saturated heterocycles. The van der Waals surface area contributed by atoms with E-state index in [1.54, 1.807) is 0 Å². The SMILES string of the molecule is CC(C)[C@H](C)NC1CCN(c2ccc(N3C(=O)CC[C@@H]3C)cc2)CC1. The zero-order valence-corrected chi connectivity index (χ0v) is 16.2. The number of nitrogens with one attached hydrogen (secondary N) is 1. The summed E-state index contributed by atoms with van der Waals surface area (Å²) in [5.74, 6) is 0.938. The summed E-state index contributed by atoms with van der Waals surface area (Å²) >= 11 is 0. The Morgan fingerprint density at radius 1 is 1.00 bits per heavy atom. The van der Waals surface area contributed by atoms with Gasteiger partial charge in [-0.05, 0) is 63.3 Å². The Balaban J connectivity index is 1.56. The Morgan fingerprint density at radius 3 is 2.12 bits per heavy atom. The van der Waals surface area contributed by atoms with Crippen molar-refractivity contribution in [2.24, 2.45) is 5.92 Å². The van der Waals surface area contributed by atoms with Crippen molar-refractivity contribution < 1.29 is 4.79 Å². The van der Waals surface area contributed by atoms with Gasteiger partial charge in [0.25, 0.3) is 0 Å². The Kier molecular flexibility index (Phi) is 5.67. The smallest absolute Gasteiger partial charge is 0.227 e. The number of amides is 1. The molecule has 0 radical (unpaired) electrons. The van der Waals surface area contributed by atoms with E-state index >= 15 is 0 Å². The van der Waals surface area contributed by atoms with Crippen LogP contribution >= 0.6 is 0 Å². The summed E-state index contributed by atoms with van der Waals surface area (Å²) in [7, 11) is 0. The first-order valence-corrected chi connectivity index (χ1v) is 9.89.